The lowest BCUT2D eigenvalue weighted by molar-refractivity contribution is -0.141. The normalized spacial score (nSPS) is 27.2. The second-order valence-electron chi connectivity index (χ2n) is 5.32. The predicted octanol–water partition coefficient (Wildman–Crippen LogP) is 1.90. The fraction of sp³-hybridized carbons (Fsp3) is 0.692. The molecule has 1 fully saturated rings. The Kier molecular flexibility index (Phi) is 4.39. The highest BCUT2D eigenvalue weighted by Gasteiger charge is 2.43. The first-order valence-electron chi connectivity index (χ1n) is 6.59. The van der Waals surface area contributed by atoms with Crippen LogP contribution in [0.25, 0.3) is 0 Å². The second-order valence-corrected chi connectivity index (χ2v) is 6.47. The molecule has 0 radical (unpaired) electrons. The van der Waals surface area contributed by atoms with Gasteiger partial charge in [0.1, 0.15) is 6.04 Å². The van der Waals surface area contributed by atoms with Crippen LogP contribution in [0.2, 0.25) is 0 Å². The van der Waals surface area contributed by atoms with Gasteiger partial charge in [-0.25, -0.2) is 9.59 Å². The Morgan fingerprint density at radius 1 is 1.37 bits per heavy atom. The van der Waals surface area contributed by atoms with E-state index in [1.165, 1.54) is 4.90 Å². The fourth-order valence-electron chi connectivity index (χ4n) is 2.47. The summed E-state index contributed by atoms with van der Waals surface area (Å²) >= 11 is 1.55. The lowest BCUT2D eigenvalue weighted by atomic mass is 10.1. The van der Waals surface area contributed by atoms with Gasteiger partial charge in [0.25, 0.3) is 0 Å². The van der Waals surface area contributed by atoms with Crippen molar-refractivity contribution in [3.05, 3.63) is 12.2 Å². The Balaban J connectivity index is 2.06. The highest BCUT2D eigenvalue weighted by molar-refractivity contribution is 8.00. The zero-order valence-corrected chi connectivity index (χ0v) is 12.0. The molecular weight excluding hydrogens is 264 g/mol. The maximum atomic E-state index is 12.3. The van der Waals surface area contributed by atoms with Gasteiger partial charge in [0.05, 0.1) is 5.37 Å². The molecule has 1 aliphatic carbocycles. The van der Waals surface area contributed by atoms with Gasteiger partial charge in [-0.2, -0.15) is 0 Å². The largest absolute Gasteiger partial charge is 0.480 e. The van der Waals surface area contributed by atoms with Crippen molar-refractivity contribution in [2.75, 3.05) is 5.75 Å². The van der Waals surface area contributed by atoms with E-state index in [4.69, 9.17) is 0 Å². The van der Waals surface area contributed by atoms with Crippen LogP contribution in [-0.4, -0.2) is 45.2 Å². The van der Waals surface area contributed by atoms with Gasteiger partial charge in [0.2, 0.25) is 0 Å². The third kappa shape index (κ3) is 3.05. The van der Waals surface area contributed by atoms with Gasteiger partial charge in [0.15, 0.2) is 0 Å². The highest BCUT2D eigenvalue weighted by atomic mass is 32.2. The number of amides is 2. The van der Waals surface area contributed by atoms with E-state index in [2.05, 4.69) is 5.32 Å². The van der Waals surface area contributed by atoms with E-state index < -0.39 is 12.0 Å². The molecule has 5 nitrogen and oxygen atoms in total. The van der Waals surface area contributed by atoms with Gasteiger partial charge in [0, 0.05) is 11.8 Å². The van der Waals surface area contributed by atoms with Crippen molar-refractivity contribution in [3.8, 4) is 0 Å². The number of urea groups is 1. The Morgan fingerprint density at radius 2 is 2.00 bits per heavy atom. The predicted molar refractivity (Wildman–Crippen MR) is 75.0 cm³/mol. The molecule has 106 valence electrons. The first kappa shape index (κ1) is 14.2. The summed E-state index contributed by atoms with van der Waals surface area (Å²) in [6.07, 6.45) is 5.74. The van der Waals surface area contributed by atoms with Crippen LogP contribution < -0.4 is 5.32 Å². The van der Waals surface area contributed by atoms with Gasteiger partial charge >= 0.3 is 12.0 Å². The summed E-state index contributed by atoms with van der Waals surface area (Å²) in [6.45, 7) is 4.03. The SMILES string of the molecule is CC(C)C1SCC(C(=O)O)N1C(=O)NC1CC=CC1. The summed E-state index contributed by atoms with van der Waals surface area (Å²) in [6, 6.07) is -0.850. The number of nitrogens with one attached hydrogen (secondary N) is 1. The van der Waals surface area contributed by atoms with Crippen LogP contribution >= 0.6 is 11.8 Å². The number of carboxylic acid groups (broad SMARTS) is 1. The molecule has 0 aromatic rings. The number of hydrogen-bond donors (Lipinski definition) is 2. The van der Waals surface area contributed by atoms with Crippen molar-refractivity contribution in [2.45, 2.75) is 44.1 Å². The van der Waals surface area contributed by atoms with Crippen LogP contribution in [0.5, 0.6) is 0 Å². The van der Waals surface area contributed by atoms with Crippen LogP contribution in [0.4, 0.5) is 4.79 Å². The molecular formula is C13H20N2O3S. The Morgan fingerprint density at radius 3 is 2.53 bits per heavy atom. The summed E-state index contributed by atoms with van der Waals surface area (Å²) < 4.78 is 0. The molecule has 0 aromatic heterocycles. The van der Waals surface area contributed by atoms with E-state index in [9.17, 15) is 14.7 Å². The van der Waals surface area contributed by atoms with E-state index >= 15 is 0 Å². The first-order chi connectivity index (χ1) is 9.00. The smallest absolute Gasteiger partial charge is 0.327 e. The van der Waals surface area contributed by atoms with Crippen LogP contribution in [-0.2, 0) is 4.79 Å². The van der Waals surface area contributed by atoms with E-state index in [0.29, 0.717) is 5.75 Å². The van der Waals surface area contributed by atoms with Gasteiger partial charge in [-0.3, -0.25) is 4.90 Å². The third-order valence-electron chi connectivity index (χ3n) is 3.46. The summed E-state index contributed by atoms with van der Waals surface area (Å²) in [5.41, 5.74) is 0. The minimum absolute atomic E-state index is 0.0598. The Bertz CT molecular complexity index is 389. The first-order valence-corrected chi connectivity index (χ1v) is 7.63. The molecule has 2 atom stereocenters. The van der Waals surface area contributed by atoms with Crippen LogP contribution in [0.3, 0.4) is 0 Å². The van der Waals surface area contributed by atoms with Crippen LogP contribution in [0, 0.1) is 5.92 Å². The minimum atomic E-state index is -0.921. The van der Waals surface area contributed by atoms with E-state index in [1.54, 1.807) is 11.8 Å². The summed E-state index contributed by atoms with van der Waals surface area (Å²) in [5.74, 6) is -0.216. The second kappa shape index (κ2) is 5.86. The number of thioether (sulfide) groups is 1. The molecule has 2 amide bonds. The Labute approximate surface area is 117 Å². The van der Waals surface area contributed by atoms with Gasteiger partial charge < -0.3 is 10.4 Å². The third-order valence-corrected chi connectivity index (χ3v) is 5.08. The molecule has 1 aliphatic heterocycles. The molecule has 6 heteroatoms. The van der Waals surface area contributed by atoms with Crippen molar-refractivity contribution in [1.82, 2.24) is 10.2 Å². The molecule has 1 saturated heterocycles. The average Bonchev–Trinajstić information content (AvgIpc) is 2.95. The standard InChI is InChI=1S/C13H20N2O3S/c1-8(2)11-15(10(7-19-11)12(16)17)13(18)14-9-5-3-4-6-9/h3-4,8-11H,5-7H2,1-2H3,(H,14,18)(H,16,17). The van der Waals surface area contributed by atoms with Gasteiger partial charge in [-0.15, -0.1) is 11.8 Å². The zero-order chi connectivity index (χ0) is 14.0. The topological polar surface area (TPSA) is 69.6 Å². The fourth-order valence-corrected chi connectivity index (χ4v) is 3.94. The van der Waals surface area contributed by atoms with Crippen molar-refractivity contribution < 1.29 is 14.7 Å². The molecule has 19 heavy (non-hydrogen) atoms. The summed E-state index contributed by atoms with van der Waals surface area (Å²) in [5, 5.41) is 12.1. The van der Waals surface area contributed by atoms with Crippen molar-refractivity contribution >= 4 is 23.8 Å². The van der Waals surface area contributed by atoms with Crippen LogP contribution in [0.1, 0.15) is 26.7 Å². The quantitative estimate of drug-likeness (QED) is 0.777. The van der Waals surface area contributed by atoms with E-state index in [-0.39, 0.29) is 23.4 Å². The van der Waals surface area contributed by atoms with E-state index in [0.717, 1.165) is 12.8 Å². The lowest BCUT2D eigenvalue weighted by Gasteiger charge is -2.31. The number of carboxylic acids is 1. The van der Waals surface area contributed by atoms with Gasteiger partial charge in [-0.1, -0.05) is 26.0 Å². The number of aliphatic carboxylic acids is 1. The minimum Gasteiger partial charge on any atom is -0.480 e. The summed E-state index contributed by atoms with van der Waals surface area (Å²) in [4.78, 5) is 25.1. The molecule has 0 bridgehead atoms. The number of hydrogen-bond acceptors (Lipinski definition) is 3. The maximum Gasteiger partial charge on any atom is 0.327 e. The van der Waals surface area contributed by atoms with Crippen LogP contribution in [0.15, 0.2) is 12.2 Å². The molecule has 2 aliphatic rings. The zero-order valence-electron chi connectivity index (χ0n) is 11.2. The highest BCUT2D eigenvalue weighted by Crippen LogP contribution is 2.34. The number of rotatable bonds is 3. The lowest BCUT2D eigenvalue weighted by Crippen LogP contribution is -2.53. The molecule has 2 unspecified atom stereocenters. The average molecular weight is 284 g/mol. The number of carbonyl (C=O) groups is 2. The molecule has 1 heterocycles. The molecule has 2 N–H and O–H groups in total. The monoisotopic (exact) mass is 284 g/mol. The van der Waals surface area contributed by atoms with Crippen molar-refractivity contribution in [1.29, 1.82) is 0 Å². The Hall–Kier alpha value is -1.17. The van der Waals surface area contributed by atoms with Gasteiger partial charge in [-0.05, 0) is 18.8 Å². The van der Waals surface area contributed by atoms with Crippen molar-refractivity contribution in [2.24, 2.45) is 5.92 Å². The van der Waals surface area contributed by atoms with Crippen molar-refractivity contribution in [3.63, 3.8) is 0 Å². The molecule has 0 spiro atoms. The van der Waals surface area contributed by atoms with E-state index in [1.807, 2.05) is 26.0 Å². The maximum absolute atomic E-state index is 12.3. The molecule has 0 aromatic carbocycles. The number of nitrogens with zero attached hydrogens (tertiary/aromatic N) is 1. The summed E-state index contributed by atoms with van der Waals surface area (Å²) in [7, 11) is 0. The molecule has 0 saturated carbocycles. The number of carbonyl (C=O) groups excluding carboxylic acids is 1. The molecule has 2 rings (SSSR count).